The molecule has 5 nitrogen and oxygen atoms in total. The number of nitrogens with one attached hydrogen (secondary N) is 1. The highest BCUT2D eigenvalue weighted by molar-refractivity contribution is 5.95. The molecule has 0 saturated heterocycles. The highest BCUT2D eigenvalue weighted by atomic mass is 16.5. The molecule has 0 saturated carbocycles. The third-order valence-electron chi connectivity index (χ3n) is 5.28. The van der Waals surface area contributed by atoms with E-state index in [1.54, 1.807) is 12.1 Å². The van der Waals surface area contributed by atoms with Crippen LogP contribution < -0.4 is 10.1 Å². The summed E-state index contributed by atoms with van der Waals surface area (Å²) >= 11 is 0. The summed E-state index contributed by atoms with van der Waals surface area (Å²) in [4.78, 5) is 12.8. The average molecular weight is 400 g/mol. The van der Waals surface area contributed by atoms with Gasteiger partial charge in [-0.25, -0.2) is 0 Å². The Hall–Kier alpha value is -3.60. The van der Waals surface area contributed by atoms with Crippen LogP contribution >= 0.6 is 0 Å². The minimum Gasteiger partial charge on any atom is -0.489 e. The number of rotatable bonds is 6. The normalized spacial score (nSPS) is 12.0. The molecule has 3 aromatic carbocycles. The minimum absolute atomic E-state index is 0.117. The van der Waals surface area contributed by atoms with Crippen LogP contribution in [0.4, 0.5) is 0 Å². The average Bonchev–Trinajstić information content (AvgIpc) is 3.09. The first kappa shape index (κ1) is 19.7. The standard InChI is InChI=1S/C25H24N2O3/c1-16(20-12-11-19-7-4-5-8-21(19)13-20)26-25(28)22-9-6-10-23(14-22)29-15-24-17(2)27-30-18(24)3/h4-14,16H,15H2,1-3H3,(H,26,28)/t16-/m1/s1. The number of benzene rings is 3. The van der Waals surface area contributed by atoms with Gasteiger partial charge in [0.1, 0.15) is 18.1 Å². The van der Waals surface area contributed by atoms with Gasteiger partial charge in [0, 0.05) is 5.56 Å². The summed E-state index contributed by atoms with van der Waals surface area (Å²) in [5.74, 6) is 1.23. The number of hydrogen-bond acceptors (Lipinski definition) is 4. The highest BCUT2D eigenvalue weighted by Crippen LogP contribution is 2.22. The molecule has 1 aromatic heterocycles. The van der Waals surface area contributed by atoms with Crippen molar-refractivity contribution in [3.05, 3.63) is 94.9 Å². The number of nitrogens with zero attached hydrogens (tertiary/aromatic N) is 1. The van der Waals surface area contributed by atoms with E-state index in [0.29, 0.717) is 17.9 Å². The fourth-order valence-corrected chi connectivity index (χ4v) is 3.43. The zero-order chi connectivity index (χ0) is 21.1. The fraction of sp³-hybridized carbons (Fsp3) is 0.200. The van der Waals surface area contributed by atoms with E-state index in [9.17, 15) is 4.79 Å². The number of aromatic nitrogens is 1. The van der Waals surface area contributed by atoms with E-state index >= 15 is 0 Å². The number of carbonyl (C=O) groups is 1. The van der Waals surface area contributed by atoms with Crippen LogP contribution in [0, 0.1) is 13.8 Å². The second kappa shape index (κ2) is 8.41. The number of aryl methyl sites for hydroxylation is 2. The first-order valence-corrected chi connectivity index (χ1v) is 9.95. The third-order valence-corrected chi connectivity index (χ3v) is 5.28. The number of hydrogen-bond donors (Lipinski definition) is 1. The first-order chi connectivity index (χ1) is 14.5. The summed E-state index contributed by atoms with van der Waals surface area (Å²) in [5.41, 5.74) is 3.35. The number of amides is 1. The summed E-state index contributed by atoms with van der Waals surface area (Å²) in [6.07, 6.45) is 0. The van der Waals surface area contributed by atoms with E-state index in [-0.39, 0.29) is 11.9 Å². The van der Waals surface area contributed by atoms with E-state index in [0.717, 1.165) is 28.0 Å². The summed E-state index contributed by atoms with van der Waals surface area (Å²) < 4.78 is 11.0. The molecule has 1 amide bonds. The van der Waals surface area contributed by atoms with Crippen molar-refractivity contribution in [1.82, 2.24) is 10.5 Å². The zero-order valence-electron chi connectivity index (χ0n) is 17.3. The lowest BCUT2D eigenvalue weighted by Gasteiger charge is -2.16. The van der Waals surface area contributed by atoms with Gasteiger partial charge < -0.3 is 14.6 Å². The largest absolute Gasteiger partial charge is 0.489 e. The first-order valence-electron chi connectivity index (χ1n) is 9.95. The quantitative estimate of drug-likeness (QED) is 0.463. The molecule has 0 radical (unpaired) electrons. The number of ether oxygens (including phenoxy) is 1. The van der Waals surface area contributed by atoms with E-state index in [2.05, 4.69) is 40.8 Å². The van der Waals surface area contributed by atoms with Crippen molar-refractivity contribution in [1.29, 1.82) is 0 Å². The van der Waals surface area contributed by atoms with Crippen LogP contribution in [0.1, 0.15) is 45.9 Å². The van der Waals surface area contributed by atoms with Crippen LogP contribution in [0.5, 0.6) is 5.75 Å². The molecule has 0 unspecified atom stereocenters. The van der Waals surface area contributed by atoms with Crippen molar-refractivity contribution in [2.75, 3.05) is 0 Å². The lowest BCUT2D eigenvalue weighted by Crippen LogP contribution is -2.26. The topological polar surface area (TPSA) is 64.4 Å². The zero-order valence-corrected chi connectivity index (χ0v) is 17.3. The molecular weight excluding hydrogens is 376 g/mol. The van der Waals surface area contributed by atoms with Crippen LogP contribution in [-0.4, -0.2) is 11.1 Å². The van der Waals surface area contributed by atoms with Crippen LogP contribution in [0.3, 0.4) is 0 Å². The summed E-state index contributed by atoms with van der Waals surface area (Å²) in [5, 5.41) is 9.35. The van der Waals surface area contributed by atoms with Gasteiger partial charge in [-0.05, 0) is 61.4 Å². The van der Waals surface area contributed by atoms with Crippen molar-refractivity contribution in [3.8, 4) is 5.75 Å². The summed E-state index contributed by atoms with van der Waals surface area (Å²) in [6.45, 7) is 6.07. The number of carbonyl (C=O) groups excluding carboxylic acids is 1. The smallest absolute Gasteiger partial charge is 0.251 e. The highest BCUT2D eigenvalue weighted by Gasteiger charge is 2.14. The van der Waals surface area contributed by atoms with Crippen LogP contribution in [0.15, 0.2) is 71.3 Å². The summed E-state index contributed by atoms with van der Waals surface area (Å²) in [7, 11) is 0. The Labute approximate surface area is 175 Å². The van der Waals surface area contributed by atoms with Gasteiger partial charge >= 0.3 is 0 Å². The molecule has 1 atom stereocenters. The lowest BCUT2D eigenvalue weighted by atomic mass is 10.0. The molecular formula is C25H24N2O3. The molecule has 152 valence electrons. The number of fused-ring (bicyclic) bond motifs is 1. The molecule has 1 N–H and O–H groups in total. The molecule has 4 aromatic rings. The monoisotopic (exact) mass is 400 g/mol. The van der Waals surface area contributed by atoms with Gasteiger partial charge in [0.05, 0.1) is 17.3 Å². The van der Waals surface area contributed by atoms with Crippen molar-refractivity contribution in [2.24, 2.45) is 0 Å². The van der Waals surface area contributed by atoms with E-state index < -0.39 is 0 Å². The van der Waals surface area contributed by atoms with Gasteiger partial charge in [-0.3, -0.25) is 4.79 Å². The Morgan fingerprint density at radius 1 is 1.03 bits per heavy atom. The van der Waals surface area contributed by atoms with Gasteiger partial charge in [0.25, 0.3) is 5.91 Å². The molecule has 5 heteroatoms. The summed E-state index contributed by atoms with van der Waals surface area (Å²) in [6, 6.07) is 21.5. The minimum atomic E-state index is -0.140. The van der Waals surface area contributed by atoms with E-state index in [1.165, 1.54) is 5.39 Å². The van der Waals surface area contributed by atoms with Gasteiger partial charge in [-0.15, -0.1) is 0 Å². The van der Waals surface area contributed by atoms with Gasteiger partial charge in [0.15, 0.2) is 0 Å². The molecule has 0 spiro atoms. The van der Waals surface area contributed by atoms with Gasteiger partial charge in [0.2, 0.25) is 0 Å². The Balaban J connectivity index is 1.44. The Kier molecular flexibility index (Phi) is 5.53. The van der Waals surface area contributed by atoms with Gasteiger partial charge in [-0.1, -0.05) is 47.6 Å². The second-order valence-electron chi connectivity index (χ2n) is 7.42. The van der Waals surface area contributed by atoms with Crippen molar-refractivity contribution in [3.63, 3.8) is 0 Å². The molecule has 4 rings (SSSR count). The molecule has 30 heavy (non-hydrogen) atoms. The molecule has 0 bridgehead atoms. The molecule has 1 heterocycles. The van der Waals surface area contributed by atoms with Crippen molar-refractivity contribution < 1.29 is 14.1 Å². The van der Waals surface area contributed by atoms with Crippen molar-refractivity contribution in [2.45, 2.75) is 33.4 Å². The predicted octanol–water partition coefficient (Wildman–Crippen LogP) is 5.51. The SMILES string of the molecule is Cc1noc(C)c1COc1cccc(C(=O)N[C@H](C)c2ccc3ccccc3c2)c1. The lowest BCUT2D eigenvalue weighted by molar-refractivity contribution is 0.0939. The van der Waals surface area contributed by atoms with Crippen LogP contribution in [0.2, 0.25) is 0 Å². The predicted molar refractivity (Wildman–Crippen MR) is 117 cm³/mol. The van der Waals surface area contributed by atoms with Crippen LogP contribution in [0.25, 0.3) is 10.8 Å². The fourth-order valence-electron chi connectivity index (χ4n) is 3.43. The van der Waals surface area contributed by atoms with Crippen LogP contribution in [-0.2, 0) is 6.61 Å². The molecule has 0 fully saturated rings. The third kappa shape index (κ3) is 4.20. The molecule has 0 aliphatic carbocycles. The van der Waals surface area contributed by atoms with E-state index in [4.69, 9.17) is 9.26 Å². The molecule has 0 aliphatic rings. The van der Waals surface area contributed by atoms with Crippen molar-refractivity contribution >= 4 is 16.7 Å². The maximum atomic E-state index is 12.8. The Morgan fingerprint density at radius 2 is 1.83 bits per heavy atom. The Morgan fingerprint density at radius 3 is 2.60 bits per heavy atom. The van der Waals surface area contributed by atoms with Gasteiger partial charge in [-0.2, -0.15) is 0 Å². The maximum Gasteiger partial charge on any atom is 0.251 e. The molecule has 0 aliphatic heterocycles. The maximum absolute atomic E-state index is 12.8. The second-order valence-corrected chi connectivity index (χ2v) is 7.42. The Bertz CT molecular complexity index is 1180. The van der Waals surface area contributed by atoms with E-state index in [1.807, 2.05) is 45.0 Å².